The van der Waals surface area contributed by atoms with Crippen molar-refractivity contribution in [2.75, 3.05) is 0 Å². The maximum atomic E-state index is 7.86. The molecular formula is C4H5NS. The van der Waals surface area contributed by atoms with Gasteiger partial charge in [-0.2, -0.15) is 5.26 Å². The van der Waals surface area contributed by atoms with E-state index in [1.165, 1.54) is 0 Å². The fourth-order valence-electron chi connectivity index (χ4n) is 0.0985. The molecule has 0 aromatic heterocycles. The first-order valence-corrected chi connectivity index (χ1v) is 2.45. The van der Waals surface area contributed by atoms with Gasteiger partial charge in [0.25, 0.3) is 0 Å². The van der Waals surface area contributed by atoms with Crippen LogP contribution in [0.15, 0.2) is 11.5 Å². The average Bonchev–Trinajstić information content (AvgIpc) is 1.61. The summed E-state index contributed by atoms with van der Waals surface area (Å²) >= 11 is 1.13. The minimum atomic E-state index is 1.13. The van der Waals surface area contributed by atoms with Crippen LogP contribution < -0.4 is 0 Å². The summed E-state index contributed by atoms with van der Waals surface area (Å²) in [6.07, 6.45) is 1.83. The third kappa shape index (κ3) is 3.58. The van der Waals surface area contributed by atoms with Crippen molar-refractivity contribution < 1.29 is 0 Å². The number of thioether (sulfide) groups is 1. The maximum Gasteiger partial charge on any atom is 0.137 e. The summed E-state index contributed by atoms with van der Waals surface area (Å²) in [7, 11) is 0. The van der Waals surface area contributed by atoms with Gasteiger partial charge in [-0.15, -0.1) is 0 Å². The minimum Gasteiger partial charge on any atom is -0.185 e. The second kappa shape index (κ2) is 4.58. The van der Waals surface area contributed by atoms with Crippen molar-refractivity contribution in [3.8, 4) is 5.40 Å². The number of rotatable bonds is 1. The molecule has 0 fully saturated rings. The van der Waals surface area contributed by atoms with Crippen molar-refractivity contribution in [1.82, 2.24) is 0 Å². The van der Waals surface area contributed by atoms with Gasteiger partial charge in [0.1, 0.15) is 5.40 Å². The molecule has 0 heterocycles. The highest BCUT2D eigenvalue weighted by atomic mass is 32.2. The van der Waals surface area contributed by atoms with E-state index in [4.69, 9.17) is 5.26 Å². The quantitative estimate of drug-likeness (QED) is 0.467. The Morgan fingerprint density at radius 2 is 2.50 bits per heavy atom. The topological polar surface area (TPSA) is 23.8 Å². The molecule has 0 atom stereocenters. The molecule has 0 radical (unpaired) electrons. The van der Waals surface area contributed by atoms with E-state index in [1.807, 2.05) is 18.4 Å². The van der Waals surface area contributed by atoms with Gasteiger partial charge in [0.2, 0.25) is 0 Å². The molecule has 0 bridgehead atoms. The van der Waals surface area contributed by atoms with E-state index in [2.05, 4.69) is 0 Å². The van der Waals surface area contributed by atoms with Gasteiger partial charge in [0, 0.05) is 0 Å². The number of thiocyanates is 1. The maximum absolute atomic E-state index is 7.86. The molecule has 0 aliphatic carbocycles. The largest absolute Gasteiger partial charge is 0.185 e. The van der Waals surface area contributed by atoms with Gasteiger partial charge in [-0.25, -0.2) is 0 Å². The molecule has 32 valence electrons. The predicted octanol–water partition coefficient (Wildman–Crippen LogP) is 1.73. The van der Waals surface area contributed by atoms with E-state index >= 15 is 0 Å². The average molecular weight is 99.2 g/mol. The van der Waals surface area contributed by atoms with Crippen molar-refractivity contribution in [3.63, 3.8) is 0 Å². The number of nitriles is 1. The summed E-state index contributed by atoms with van der Waals surface area (Å²) in [6.45, 7) is 1.88. The van der Waals surface area contributed by atoms with Crippen LogP contribution in [-0.2, 0) is 0 Å². The van der Waals surface area contributed by atoms with Crippen LogP contribution in [0, 0.1) is 10.7 Å². The van der Waals surface area contributed by atoms with Crippen LogP contribution in [0.25, 0.3) is 0 Å². The van der Waals surface area contributed by atoms with Crippen LogP contribution in [-0.4, -0.2) is 0 Å². The smallest absolute Gasteiger partial charge is 0.137 e. The van der Waals surface area contributed by atoms with Crippen LogP contribution in [0.1, 0.15) is 6.92 Å². The Bertz CT molecular complexity index is 80.0. The molecule has 6 heavy (non-hydrogen) atoms. The van der Waals surface area contributed by atoms with Crippen molar-refractivity contribution in [3.05, 3.63) is 11.5 Å². The molecule has 0 unspecified atom stereocenters. The highest BCUT2D eigenvalue weighted by molar-refractivity contribution is 8.06. The summed E-state index contributed by atoms with van der Waals surface area (Å²) in [5, 5.41) is 11.5. The Morgan fingerprint density at radius 1 is 1.83 bits per heavy atom. The number of hydrogen-bond donors (Lipinski definition) is 0. The second-order valence-corrected chi connectivity index (χ2v) is 1.37. The number of hydrogen-bond acceptors (Lipinski definition) is 2. The van der Waals surface area contributed by atoms with E-state index in [0.29, 0.717) is 0 Å². The number of nitrogens with zero attached hydrogens (tertiary/aromatic N) is 1. The van der Waals surface area contributed by atoms with Gasteiger partial charge in [-0.3, -0.25) is 0 Å². The molecular weight excluding hydrogens is 94.1 g/mol. The van der Waals surface area contributed by atoms with Gasteiger partial charge in [-0.1, -0.05) is 6.08 Å². The molecule has 0 aromatic rings. The summed E-state index contributed by atoms with van der Waals surface area (Å²) in [4.78, 5) is 0. The van der Waals surface area contributed by atoms with Crippen LogP contribution in [0.5, 0.6) is 0 Å². The van der Waals surface area contributed by atoms with Crippen molar-refractivity contribution in [2.24, 2.45) is 0 Å². The molecule has 0 amide bonds. The molecule has 0 spiro atoms. The van der Waals surface area contributed by atoms with Gasteiger partial charge in [0.15, 0.2) is 0 Å². The third-order valence-electron chi connectivity index (χ3n) is 0.257. The molecule has 0 aromatic carbocycles. The van der Waals surface area contributed by atoms with Crippen LogP contribution >= 0.6 is 11.8 Å². The van der Waals surface area contributed by atoms with Gasteiger partial charge in [0.05, 0.1) is 0 Å². The summed E-state index contributed by atoms with van der Waals surface area (Å²) in [5.41, 5.74) is 0. The third-order valence-corrected chi connectivity index (χ3v) is 0.770. The van der Waals surface area contributed by atoms with E-state index in [1.54, 1.807) is 5.41 Å². The monoisotopic (exact) mass is 99.0 g/mol. The van der Waals surface area contributed by atoms with Crippen LogP contribution in [0.3, 0.4) is 0 Å². The SMILES string of the molecule is C/C=C\SC#N. The molecule has 1 nitrogen and oxygen atoms in total. The van der Waals surface area contributed by atoms with Gasteiger partial charge >= 0.3 is 0 Å². The lowest BCUT2D eigenvalue weighted by Gasteiger charge is -1.62. The molecule has 0 N–H and O–H groups in total. The van der Waals surface area contributed by atoms with Crippen molar-refractivity contribution >= 4 is 11.8 Å². The summed E-state index contributed by atoms with van der Waals surface area (Å²) < 4.78 is 0. The lowest BCUT2D eigenvalue weighted by molar-refractivity contribution is 1.57. The molecule has 0 aliphatic heterocycles. The van der Waals surface area contributed by atoms with E-state index in [9.17, 15) is 0 Å². The highest BCUT2D eigenvalue weighted by Gasteiger charge is 1.61. The van der Waals surface area contributed by atoms with Crippen LogP contribution in [0.2, 0.25) is 0 Å². The fraction of sp³-hybridized carbons (Fsp3) is 0.250. The Kier molecular flexibility index (Phi) is 4.26. The molecule has 0 saturated heterocycles. The highest BCUT2D eigenvalue weighted by Crippen LogP contribution is 1.94. The van der Waals surface area contributed by atoms with Crippen molar-refractivity contribution in [1.29, 1.82) is 5.26 Å². The zero-order valence-corrected chi connectivity index (χ0v) is 4.33. The van der Waals surface area contributed by atoms with Gasteiger partial charge < -0.3 is 0 Å². The summed E-state index contributed by atoms with van der Waals surface area (Å²) in [5.74, 6) is 0. The zero-order chi connectivity index (χ0) is 4.83. The van der Waals surface area contributed by atoms with E-state index in [-0.39, 0.29) is 0 Å². The second-order valence-electron chi connectivity index (χ2n) is 0.679. The Labute approximate surface area is 41.7 Å². The lowest BCUT2D eigenvalue weighted by Crippen LogP contribution is -1.35. The Balaban J connectivity index is 2.92. The Hall–Kier alpha value is -0.420. The predicted molar refractivity (Wildman–Crippen MR) is 28.0 cm³/mol. The van der Waals surface area contributed by atoms with E-state index < -0.39 is 0 Å². The summed E-state index contributed by atoms with van der Waals surface area (Å²) in [6, 6.07) is 0. The Morgan fingerprint density at radius 3 is 2.67 bits per heavy atom. The first-order valence-electron chi connectivity index (χ1n) is 1.57. The molecule has 0 saturated carbocycles. The first kappa shape index (κ1) is 5.58. The number of allylic oxidation sites excluding steroid dienone is 1. The molecule has 0 aliphatic rings. The standard InChI is InChI=1S/C4H5NS/c1-2-3-6-4-5/h2-3H,1H3/b3-2-. The zero-order valence-electron chi connectivity index (χ0n) is 3.51. The normalized spacial score (nSPS) is 8.67. The van der Waals surface area contributed by atoms with Crippen molar-refractivity contribution in [2.45, 2.75) is 6.92 Å². The molecule has 2 heteroatoms. The van der Waals surface area contributed by atoms with Crippen LogP contribution in [0.4, 0.5) is 0 Å². The first-order chi connectivity index (χ1) is 2.91. The lowest BCUT2D eigenvalue weighted by atomic mass is 10.8. The fourth-order valence-corrected chi connectivity index (χ4v) is 0.295. The van der Waals surface area contributed by atoms with Gasteiger partial charge in [-0.05, 0) is 24.1 Å². The van der Waals surface area contributed by atoms with E-state index in [0.717, 1.165) is 11.8 Å². The molecule has 0 rings (SSSR count). The minimum absolute atomic E-state index is 1.13.